The molecule has 2 rings (SSSR count). The van der Waals surface area contributed by atoms with E-state index in [4.69, 9.17) is 14.8 Å². The number of rotatable bonds is 4. The van der Waals surface area contributed by atoms with Gasteiger partial charge in [0.1, 0.15) is 6.61 Å². The molecule has 2 N–H and O–H groups in total. The van der Waals surface area contributed by atoms with Crippen molar-refractivity contribution in [1.82, 2.24) is 0 Å². The highest BCUT2D eigenvalue weighted by atomic mass is 79.9. The lowest BCUT2D eigenvalue weighted by Crippen LogP contribution is -2.33. The van der Waals surface area contributed by atoms with Crippen molar-refractivity contribution in [1.29, 1.82) is 0 Å². The van der Waals surface area contributed by atoms with Crippen molar-refractivity contribution in [2.75, 3.05) is 0 Å². The Balaban J connectivity index is 2.27. The quantitative estimate of drug-likeness (QED) is 0.660. The van der Waals surface area contributed by atoms with E-state index in [0.29, 0.717) is 0 Å². The molecule has 0 fully saturated rings. The third-order valence-corrected chi connectivity index (χ3v) is 3.24. The Morgan fingerprint density at radius 1 is 1.10 bits per heavy atom. The molecular weight excluding hydrogens is 333 g/mol. The molecule has 2 aromatic carbocycles. The van der Waals surface area contributed by atoms with Crippen LogP contribution in [0.25, 0.3) is 0 Å². The van der Waals surface area contributed by atoms with Gasteiger partial charge in [-0.2, -0.15) is 4.39 Å². The van der Waals surface area contributed by atoms with Gasteiger partial charge in [-0.15, -0.1) is 0 Å². The van der Waals surface area contributed by atoms with Gasteiger partial charge in [0.25, 0.3) is 0 Å². The Morgan fingerprint density at radius 2 is 1.75 bits per heavy atom. The number of halogens is 3. The summed E-state index contributed by atoms with van der Waals surface area (Å²) >= 11 is 3.02. The summed E-state index contributed by atoms with van der Waals surface area (Å²) < 4.78 is 32.8. The van der Waals surface area contributed by atoms with Crippen LogP contribution in [0.15, 0.2) is 40.9 Å². The van der Waals surface area contributed by atoms with Gasteiger partial charge < -0.3 is 14.8 Å². The van der Waals surface area contributed by atoms with Gasteiger partial charge in [0.15, 0.2) is 11.6 Å². The van der Waals surface area contributed by atoms with Crippen LogP contribution in [0, 0.1) is 11.6 Å². The van der Waals surface area contributed by atoms with Gasteiger partial charge in [-0.3, -0.25) is 0 Å². The first-order valence-electron chi connectivity index (χ1n) is 5.71. The van der Waals surface area contributed by atoms with Gasteiger partial charge in [0.2, 0.25) is 5.82 Å². The Kier molecular flexibility index (Phi) is 4.75. The zero-order chi connectivity index (χ0) is 14.7. The first-order chi connectivity index (χ1) is 9.50. The molecule has 0 heterocycles. The molecule has 0 amide bonds. The summed E-state index contributed by atoms with van der Waals surface area (Å²) in [5.41, 5.74) is 0.243. The SMILES string of the molecule is OB(O)c1cc(Br)c(OCc2ccccc2)c(F)c1F. The summed E-state index contributed by atoms with van der Waals surface area (Å²) in [7, 11) is -2.09. The second-order valence-electron chi connectivity index (χ2n) is 4.05. The lowest BCUT2D eigenvalue weighted by molar-refractivity contribution is 0.282. The largest absolute Gasteiger partial charge is 0.491 e. The molecule has 0 aliphatic rings. The molecule has 0 aliphatic carbocycles. The summed E-state index contributed by atoms with van der Waals surface area (Å²) in [6, 6.07) is 10.1. The second kappa shape index (κ2) is 6.34. The number of benzene rings is 2. The molecule has 0 saturated carbocycles. The normalized spacial score (nSPS) is 10.4. The van der Waals surface area contributed by atoms with E-state index in [9.17, 15) is 8.78 Å². The van der Waals surface area contributed by atoms with E-state index in [2.05, 4.69) is 15.9 Å². The van der Waals surface area contributed by atoms with Crippen LogP contribution in [0.3, 0.4) is 0 Å². The zero-order valence-electron chi connectivity index (χ0n) is 10.2. The van der Waals surface area contributed by atoms with Crippen LogP contribution in [-0.4, -0.2) is 17.2 Å². The molecule has 0 spiro atoms. The molecule has 7 heteroatoms. The zero-order valence-corrected chi connectivity index (χ0v) is 11.8. The maximum Gasteiger partial charge on any atom is 0.491 e. The van der Waals surface area contributed by atoms with Gasteiger partial charge in [-0.1, -0.05) is 30.3 Å². The lowest BCUT2D eigenvalue weighted by Gasteiger charge is -2.12. The van der Waals surface area contributed by atoms with Crippen LogP contribution < -0.4 is 10.2 Å². The minimum atomic E-state index is -2.09. The standard InChI is InChI=1S/C13H10BBrF2O3/c15-10-6-9(14(18)19)11(16)12(17)13(10)20-7-8-4-2-1-3-5-8/h1-6,18-19H,7H2. The van der Waals surface area contributed by atoms with Crippen LogP contribution in [-0.2, 0) is 6.61 Å². The first-order valence-corrected chi connectivity index (χ1v) is 6.50. The van der Waals surface area contributed by atoms with Crippen molar-refractivity contribution < 1.29 is 23.6 Å². The predicted octanol–water partition coefficient (Wildman–Crippen LogP) is 1.99. The van der Waals surface area contributed by atoms with Gasteiger partial charge in [0.05, 0.1) is 4.47 Å². The van der Waals surface area contributed by atoms with E-state index in [1.54, 1.807) is 24.3 Å². The van der Waals surface area contributed by atoms with Crippen LogP contribution in [0.1, 0.15) is 5.56 Å². The van der Waals surface area contributed by atoms with Gasteiger partial charge in [-0.05, 0) is 27.6 Å². The van der Waals surface area contributed by atoms with Gasteiger partial charge in [0, 0.05) is 5.46 Å². The average molecular weight is 343 g/mol. The topological polar surface area (TPSA) is 49.7 Å². The molecule has 0 bridgehead atoms. The molecule has 20 heavy (non-hydrogen) atoms. The van der Waals surface area contributed by atoms with E-state index in [1.807, 2.05) is 6.07 Å². The smallest absolute Gasteiger partial charge is 0.485 e. The van der Waals surface area contributed by atoms with Crippen molar-refractivity contribution in [2.24, 2.45) is 0 Å². The Hall–Kier alpha value is -1.44. The third kappa shape index (κ3) is 3.17. The van der Waals surface area contributed by atoms with E-state index in [-0.39, 0.29) is 16.8 Å². The number of hydrogen-bond acceptors (Lipinski definition) is 3. The fraction of sp³-hybridized carbons (Fsp3) is 0.0769. The second-order valence-corrected chi connectivity index (χ2v) is 4.91. The van der Waals surface area contributed by atoms with E-state index < -0.39 is 24.2 Å². The molecule has 0 saturated heterocycles. The molecule has 0 aliphatic heterocycles. The van der Waals surface area contributed by atoms with Crippen molar-refractivity contribution in [3.63, 3.8) is 0 Å². The predicted molar refractivity (Wildman–Crippen MR) is 74.7 cm³/mol. The van der Waals surface area contributed by atoms with E-state index in [0.717, 1.165) is 11.6 Å². The summed E-state index contributed by atoms with van der Waals surface area (Å²) in [6.45, 7) is 0.0663. The summed E-state index contributed by atoms with van der Waals surface area (Å²) in [6.07, 6.45) is 0. The maximum absolute atomic E-state index is 13.8. The highest BCUT2D eigenvalue weighted by molar-refractivity contribution is 9.10. The number of ether oxygens (including phenoxy) is 1. The molecular formula is C13H10BBrF2O3. The fourth-order valence-corrected chi connectivity index (χ4v) is 2.18. The van der Waals surface area contributed by atoms with Crippen molar-refractivity contribution >= 4 is 28.5 Å². The molecule has 0 atom stereocenters. The molecule has 0 unspecified atom stereocenters. The van der Waals surface area contributed by atoms with E-state index >= 15 is 0 Å². The average Bonchev–Trinajstić information content (AvgIpc) is 2.43. The summed E-state index contributed by atoms with van der Waals surface area (Å²) in [5, 5.41) is 17.9. The van der Waals surface area contributed by atoms with Crippen molar-refractivity contribution in [3.8, 4) is 5.75 Å². The van der Waals surface area contributed by atoms with E-state index in [1.165, 1.54) is 0 Å². The minimum absolute atomic E-state index is 0.0663. The van der Waals surface area contributed by atoms with Crippen LogP contribution in [0.2, 0.25) is 0 Å². The molecule has 0 radical (unpaired) electrons. The summed E-state index contributed by atoms with van der Waals surface area (Å²) in [4.78, 5) is 0. The van der Waals surface area contributed by atoms with Crippen LogP contribution in [0.5, 0.6) is 5.75 Å². The van der Waals surface area contributed by atoms with Crippen molar-refractivity contribution in [2.45, 2.75) is 6.61 Å². The Morgan fingerprint density at radius 3 is 2.35 bits per heavy atom. The molecule has 3 nitrogen and oxygen atoms in total. The summed E-state index contributed by atoms with van der Waals surface area (Å²) in [5.74, 6) is -2.92. The minimum Gasteiger partial charge on any atom is -0.485 e. The fourth-order valence-electron chi connectivity index (χ4n) is 1.65. The first kappa shape index (κ1) is 15.0. The highest BCUT2D eigenvalue weighted by Crippen LogP contribution is 2.29. The molecule has 2 aromatic rings. The van der Waals surface area contributed by atoms with Crippen LogP contribution >= 0.6 is 15.9 Å². The third-order valence-electron chi connectivity index (χ3n) is 2.65. The highest BCUT2D eigenvalue weighted by Gasteiger charge is 2.25. The Bertz CT molecular complexity index is 608. The van der Waals surface area contributed by atoms with Gasteiger partial charge >= 0.3 is 7.12 Å². The number of hydrogen-bond donors (Lipinski definition) is 2. The van der Waals surface area contributed by atoms with Gasteiger partial charge in [-0.25, -0.2) is 4.39 Å². The van der Waals surface area contributed by atoms with Crippen molar-refractivity contribution in [3.05, 3.63) is 58.1 Å². The monoisotopic (exact) mass is 342 g/mol. The molecule has 104 valence electrons. The molecule has 0 aromatic heterocycles. The van der Waals surface area contributed by atoms with Crippen LogP contribution in [0.4, 0.5) is 8.78 Å². The maximum atomic E-state index is 13.8. The Labute approximate surface area is 123 Å². The lowest BCUT2D eigenvalue weighted by atomic mass is 9.80.